The Morgan fingerprint density at radius 3 is 2.43 bits per heavy atom. The molecule has 0 spiro atoms. The smallest absolute Gasteiger partial charge is 0.170 e. The van der Waals surface area contributed by atoms with Crippen molar-refractivity contribution in [1.29, 1.82) is 0 Å². The number of thiocarbonyl (C=S) groups is 1. The fourth-order valence-electron chi connectivity index (χ4n) is 2.58. The largest absolute Gasteiger partial charge is 0.497 e. The summed E-state index contributed by atoms with van der Waals surface area (Å²) in [6.07, 6.45) is 0.842. The van der Waals surface area contributed by atoms with Crippen LogP contribution in [0.25, 0.3) is 0 Å². The van der Waals surface area contributed by atoms with Crippen LogP contribution in [0.3, 0.4) is 0 Å². The number of methoxy groups -OCH3 is 1. The van der Waals surface area contributed by atoms with Crippen molar-refractivity contribution in [2.45, 2.75) is 6.42 Å². The van der Waals surface area contributed by atoms with E-state index in [1.54, 1.807) is 19.2 Å². The minimum absolute atomic E-state index is 0.508. The third-order valence-electron chi connectivity index (χ3n) is 4.02. The van der Waals surface area contributed by atoms with Gasteiger partial charge in [-0.1, -0.05) is 41.9 Å². The molecule has 0 aliphatic heterocycles. The molecule has 3 aromatic carbocycles. The van der Waals surface area contributed by atoms with E-state index in [0.717, 1.165) is 17.9 Å². The molecular weight excluding hydrogens is 392 g/mol. The van der Waals surface area contributed by atoms with Gasteiger partial charge in [0.15, 0.2) is 10.9 Å². The van der Waals surface area contributed by atoms with Crippen molar-refractivity contribution in [2.24, 2.45) is 0 Å². The van der Waals surface area contributed by atoms with Crippen molar-refractivity contribution in [3.63, 3.8) is 0 Å². The fraction of sp³-hybridized carbons (Fsp3) is 0.136. The molecule has 3 aromatic rings. The molecule has 0 bridgehead atoms. The number of nitrogens with one attached hydrogen (secondary N) is 2. The van der Waals surface area contributed by atoms with Gasteiger partial charge in [0.05, 0.1) is 12.8 Å². The average molecular weight is 413 g/mol. The van der Waals surface area contributed by atoms with Crippen LogP contribution in [-0.4, -0.2) is 18.8 Å². The van der Waals surface area contributed by atoms with Gasteiger partial charge in [-0.25, -0.2) is 0 Å². The lowest BCUT2D eigenvalue weighted by Crippen LogP contribution is -2.30. The predicted molar refractivity (Wildman–Crippen MR) is 119 cm³/mol. The van der Waals surface area contributed by atoms with Gasteiger partial charge in [-0.05, 0) is 66.7 Å². The molecule has 0 fully saturated rings. The number of halogens is 1. The van der Waals surface area contributed by atoms with Gasteiger partial charge in [-0.2, -0.15) is 0 Å². The molecule has 28 heavy (non-hydrogen) atoms. The van der Waals surface area contributed by atoms with E-state index in [-0.39, 0.29) is 0 Å². The number of hydrogen-bond donors (Lipinski definition) is 2. The Bertz CT molecular complexity index is 918. The van der Waals surface area contributed by atoms with Gasteiger partial charge >= 0.3 is 0 Å². The average Bonchev–Trinajstić information content (AvgIpc) is 2.71. The molecule has 0 heterocycles. The molecule has 0 amide bonds. The van der Waals surface area contributed by atoms with Crippen molar-refractivity contribution in [3.05, 3.63) is 83.4 Å². The molecule has 0 radical (unpaired) electrons. The molecule has 0 aromatic heterocycles. The zero-order valence-electron chi connectivity index (χ0n) is 15.4. The van der Waals surface area contributed by atoms with Crippen LogP contribution in [0.1, 0.15) is 5.56 Å². The van der Waals surface area contributed by atoms with E-state index in [0.29, 0.717) is 28.1 Å². The first-order chi connectivity index (χ1) is 13.6. The third kappa shape index (κ3) is 5.87. The van der Waals surface area contributed by atoms with Gasteiger partial charge in [0.2, 0.25) is 0 Å². The lowest BCUT2D eigenvalue weighted by atomic mass is 10.1. The minimum atomic E-state index is 0.508. The van der Waals surface area contributed by atoms with Gasteiger partial charge in [-0.15, -0.1) is 0 Å². The zero-order valence-corrected chi connectivity index (χ0v) is 17.0. The Hall–Kier alpha value is -2.76. The molecule has 0 saturated heterocycles. The lowest BCUT2D eigenvalue weighted by molar-refractivity contribution is 0.414. The molecule has 144 valence electrons. The second-order valence-electron chi connectivity index (χ2n) is 6.03. The Balaban J connectivity index is 1.57. The van der Waals surface area contributed by atoms with E-state index in [9.17, 15) is 0 Å². The molecule has 6 heteroatoms. The summed E-state index contributed by atoms with van der Waals surface area (Å²) in [4.78, 5) is 0. The summed E-state index contributed by atoms with van der Waals surface area (Å²) in [7, 11) is 1.66. The standard InChI is InChI=1S/C22H21ClN2O2S/c1-26-18-10-7-16(8-11-18)13-14-24-22(28)25-20-15-17(23)9-12-21(20)27-19-5-3-2-4-6-19/h2-12,15H,13-14H2,1H3,(H2,24,25,28). The lowest BCUT2D eigenvalue weighted by Gasteiger charge is -2.15. The van der Waals surface area contributed by atoms with E-state index >= 15 is 0 Å². The first-order valence-electron chi connectivity index (χ1n) is 8.84. The van der Waals surface area contributed by atoms with Crippen LogP contribution < -0.4 is 20.1 Å². The normalized spacial score (nSPS) is 10.2. The Morgan fingerprint density at radius 1 is 0.964 bits per heavy atom. The third-order valence-corrected chi connectivity index (χ3v) is 4.50. The number of rotatable bonds is 7. The van der Waals surface area contributed by atoms with Gasteiger partial charge in [0, 0.05) is 11.6 Å². The maximum atomic E-state index is 6.14. The van der Waals surface area contributed by atoms with Crippen LogP contribution in [-0.2, 0) is 6.42 Å². The molecule has 3 rings (SSSR count). The Labute approximate surface area is 175 Å². The molecule has 0 aliphatic carbocycles. The Morgan fingerprint density at radius 2 is 1.71 bits per heavy atom. The highest BCUT2D eigenvalue weighted by atomic mass is 35.5. The molecule has 0 aliphatic rings. The molecule has 4 nitrogen and oxygen atoms in total. The second-order valence-corrected chi connectivity index (χ2v) is 6.88. The summed E-state index contributed by atoms with van der Waals surface area (Å²) in [6, 6.07) is 22.9. The quantitative estimate of drug-likeness (QED) is 0.489. The minimum Gasteiger partial charge on any atom is -0.497 e. The fourth-order valence-corrected chi connectivity index (χ4v) is 2.97. The summed E-state index contributed by atoms with van der Waals surface area (Å²) >= 11 is 11.6. The highest BCUT2D eigenvalue weighted by Crippen LogP contribution is 2.31. The van der Waals surface area contributed by atoms with E-state index < -0.39 is 0 Å². The SMILES string of the molecule is COc1ccc(CCNC(=S)Nc2cc(Cl)ccc2Oc2ccccc2)cc1. The van der Waals surface area contributed by atoms with Crippen LogP contribution in [0.4, 0.5) is 5.69 Å². The number of hydrogen-bond acceptors (Lipinski definition) is 3. The highest BCUT2D eigenvalue weighted by molar-refractivity contribution is 7.80. The van der Waals surface area contributed by atoms with Crippen LogP contribution in [0, 0.1) is 0 Å². The van der Waals surface area contributed by atoms with E-state index in [1.807, 2.05) is 60.7 Å². The predicted octanol–water partition coefficient (Wildman–Crippen LogP) is 5.67. The molecular formula is C22H21ClN2O2S. The zero-order chi connectivity index (χ0) is 19.8. The molecule has 2 N–H and O–H groups in total. The summed E-state index contributed by atoms with van der Waals surface area (Å²) in [5, 5.41) is 7.49. The van der Waals surface area contributed by atoms with Crippen molar-refractivity contribution >= 4 is 34.6 Å². The van der Waals surface area contributed by atoms with Crippen LogP contribution in [0.15, 0.2) is 72.8 Å². The summed E-state index contributed by atoms with van der Waals surface area (Å²) < 4.78 is 11.1. The van der Waals surface area contributed by atoms with E-state index in [1.165, 1.54) is 5.56 Å². The summed E-state index contributed by atoms with van der Waals surface area (Å²) in [5.41, 5.74) is 1.91. The van der Waals surface area contributed by atoms with Crippen LogP contribution >= 0.6 is 23.8 Å². The van der Waals surface area contributed by atoms with E-state index in [2.05, 4.69) is 10.6 Å². The maximum Gasteiger partial charge on any atom is 0.170 e. The highest BCUT2D eigenvalue weighted by Gasteiger charge is 2.08. The Kier molecular flexibility index (Phi) is 7.12. The van der Waals surface area contributed by atoms with Gasteiger partial charge in [-0.3, -0.25) is 0 Å². The van der Waals surface area contributed by atoms with Crippen molar-refractivity contribution in [3.8, 4) is 17.2 Å². The molecule has 0 atom stereocenters. The van der Waals surface area contributed by atoms with Crippen LogP contribution in [0.2, 0.25) is 5.02 Å². The van der Waals surface area contributed by atoms with Gasteiger partial charge in [0.25, 0.3) is 0 Å². The number of benzene rings is 3. The van der Waals surface area contributed by atoms with Crippen molar-refractivity contribution in [1.82, 2.24) is 5.32 Å². The first kappa shape index (κ1) is 20.0. The van der Waals surface area contributed by atoms with Crippen LogP contribution in [0.5, 0.6) is 17.2 Å². The second kappa shape index (κ2) is 9.97. The summed E-state index contributed by atoms with van der Waals surface area (Å²) in [6.45, 7) is 0.702. The number of anilines is 1. The summed E-state index contributed by atoms with van der Waals surface area (Å²) in [5.74, 6) is 2.24. The molecule has 0 unspecified atom stereocenters. The van der Waals surface area contributed by atoms with Crippen molar-refractivity contribution in [2.75, 3.05) is 19.0 Å². The molecule has 0 saturated carbocycles. The first-order valence-corrected chi connectivity index (χ1v) is 9.63. The number of ether oxygens (including phenoxy) is 2. The number of para-hydroxylation sites is 1. The van der Waals surface area contributed by atoms with E-state index in [4.69, 9.17) is 33.3 Å². The maximum absolute atomic E-state index is 6.14. The van der Waals surface area contributed by atoms with Crippen molar-refractivity contribution < 1.29 is 9.47 Å². The topological polar surface area (TPSA) is 42.5 Å². The monoisotopic (exact) mass is 412 g/mol. The van der Waals surface area contributed by atoms with Gasteiger partial charge in [0.1, 0.15) is 11.5 Å². The van der Waals surface area contributed by atoms with Gasteiger partial charge < -0.3 is 20.1 Å².